The maximum absolute atomic E-state index is 13.6. The molecule has 3 aromatic rings. The van der Waals surface area contributed by atoms with Crippen LogP contribution in [0.3, 0.4) is 0 Å². The standard InChI is InChI=1S/C19H20F2N6O/c1-25-7-9-26(10-8-25)24-19(28)14-12-22-27-16(17(20)21)11-15(23-18(14)27)13-5-3-2-4-6-13/h2-6,11-12,17H,7-10H2,1H3,(H,24,28). The molecular formula is C19H20F2N6O. The van der Waals surface area contributed by atoms with Crippen LogP contribution in [0, 0.1) is 0 Å². The predicted octanol–water partition coefficient (Wildman–Crippen LogP) is 2.23. The second kappa shape index (κ2) is 7.61. The number of benzene rings is 1. The highest BCUT2D eigenvalue weighted by Crippen LogP contribution is 2.26. The van der Waals surface area contributed by atoms with Crippen molar-refractivity contribution in [1.82, 2.24) is 29.9 Å². The van der Waals surface area contributed by atoms with Gasteiger partial charge >= 0.3 is 0 Å². The summed E-state index contributed by atoms with van der Waals surface area (Å²) >= 11 is 0. The second-order valence-corrected chi connectivity index (χ2v) is 6.76. The highest BCUT2D eigenvalue weighted by molar-refractivity contribution is 5.99. The zero-order valence-electron chi connectivity index (χ0n) is 15.3. The SMILES string of the molecule is CN1CCN(NC(=O)c2cnn3c(C(F)F)cc(-c4ccccc4)nc23)CC1. The Balaban J connectivity index is 1.71. The van der Waals surface area contributed by atoms with Gasteiger partial charge in [0, 0.05) is 31.7 Å². The number of fused-ring (bicyclic) bond motifs is 1. The number of rotatable bonds is 4. The maximum Gasteiger partial charge on any atom is 0.280 e. The molecule has 1 aromatic carbocycles. The molecule has 0 atom stereocenters. The molecule has 1 fully saturated rings. The molecule has 1 saturated heterocycles. The highest BCUT2D eigenvalue weighted by atomic mass is 19.3. The molecule has 7 nitrogen and oxygen atoms in total. The predicted molar refractivity (Wildman–Crippen MR) is 99.9 cm³/mol. The summed E-state index contributed by atoms with van der Waals surface area (Å²) in [7, 11) is 2.02. The molecule has 0 radical (unpaired) electrons. The van der Waals surface area contributed by atoms with Crippen LogP contribution in [0.25, 0.3) is 16.9 Å². The van der Waals surface area contributed by atoms with Crippen LogP contribution in [0.5, 0.6) is 0 Å². The van der Waals surface area contributed by atoms with Crippen molar-refractivity contribution >= 4 is 11.6 Å². The van der Waals surface area contributed by atoms with Crippen molar-refractivity contribution in [3.63, 3.8) is 0 Å². The molecule has 4 rings (SSSR count). The number of likely N-dealkylation sites (N-methyl/N-ethyl adjacent to an activating group) is 1. The van der Waals surface area contributed by atoms with Crippen molar-refractivity contribution in [2.24, 2.45) is 0 Å². The third-order valence-corrected chi connectivity index (χ3v) is 4.80. The number of amides is 1. The number of hydrogen-bond acceptors (Lipinski definition) is 5. The Morgan fingerprint density at radius 1 is 1.14 bits per heavy atom. The minimum absolute atomic E-state index is 0.114. The van der Waals surface area contributed by atoms with E-state index in [1.807, 2.05) is 18.1 Å². The summed E-state index contributed by atoms with van der Waals surface area (Å²) in [4.78, 5) is 19.4. The topological polar surface area (TPSA) is 65.8 Å². The first-order valence-electron chi connectivity index (χ1n) is 8.99. The summed E-state index contributed by atoms with van der Waals surface area (Å²) < 4.78 is 28.3. The highest BCUT2D eigenvalue weighted by Gasteiger charge is 2.23. The van der Waals surface area contributed by atoms with Crippen LogP contribution in [-0.2, 0) is 0 Å². The number of hydrogen-bond donors (Lipinski definition) is 1. The Hall–Kier alpha value is -2.91. The van der Waals surface area contributed by atoms with E-state index < -0.39 is 12.3 Å². The molecule has 3 heterocycles. The van der Waals surface area contributed by atoms with E-state index in [0.29, 0.717) is 24.3 Å². The lowest BCUT2D eigenvalue weighted by molar-refractivity contribution is 0.0664. The third kappa shape index (κ3) is 3.58. The van der Waals surface area contributed by atoms with Gasteiger partial charge in [0.05, 0.1) is 11.9 Å². The normalized spacial score (nSPS) is 16.0. The number of piperazine rings is 1. The van der Waals surface area contributed by atoms with Crippen LogP contribution in [0.4, 0.5) is 8.78 Å². The first-order valence-corrected chi connectivity index (χ1v) is 8.99. The van der Waals surface area contributed by atoms with Gasteiger partial charge in [0.2, 0.25) is 0 Å². The van der Waals surface area contributed by atoms with E-state index in [1.54, 1.807) is 24.3 Å². The van der Waals surface area contributed by atoms with E-state index in [4.69, 9.17) is 0 Å². The lowest BCUT2D eigenvalue weighted by Crippen LogP contribution is -2.52. The summed E-state index contributed by atoms with van der Waals surface area (Å²) in [5.74, 6) is -0.405. The van der Waals surface area contributed by atoms with E-state index in [-0.39, 0.29) is 16.9 Å². The molecule has 1 amide bonds. The number of carbonyl (C=O) groups excluding carboxylic acids is 1. The summed E-state index contributed by atoms with van der Waals surface area (Å²) in [5, 5.41) is 5.81. The van der Waals surface area contributed by atoms with Gasteiger partial charge in [-0.05, 0) is 13.1 Å². The van der Waals surface area contributed by atoms with Crippen molar-refractivity contribution in [2.45, 2.75) is 6.43 Å². The Kier molecular flexibility index (Phi) is 5.01. The first-order chi connectivity index (χ1) is 13.5. The fourth-order valence-electron chi connectivity index (χ4n) is 3.18. The van der Waals surface area contributed by atoms with E-state index in [1.165, 1.54) is 12.3 Å². The van der Waals surface area contributed by atoms with Gasteiger partial charge in [-0.2, -0.15) is 5.10 Å². The molecule has 28 heavy (non-hydrogen) atoms. The number of alkyl halides is 2. The van der Waals surface area contributed by atoms with Crippen LogP contribution in [-0.4, -0.2) is 63.6 Å². The van der Waals surface area contributed by atoms with Crippen molar-refractivity contribution in [1.29, 1.82) is 0 Å². The Morgan fingerprint density at radius 2 is 1.86 bits per heavy atom. The lowest BCUT2D eigenvalue weighted by Gasteiger charge is -2.32. The minimum atomic E-state index is -2.75. The van der Waals surface area contributed by atoms with Gasteiger partial charge in [-0.25, -0.2) is 23.3 Å². The maximum atomic E-state index is 13.6. The quantitative estimate of drug-likeness (QED) is 0.745. The Morgan fingerprint density at radius 3 is 2.54 bits per heavy atom. The molecule has 0 bridgehead atoms. The van der Waals surface area contributed by atoms with Crippen molar-refractivity contribution in [2.75, 3.05) is 33.2 Å². The molecule has 9 heteroatoms. The summed E-state index contributed by atoms with van der Waals surface area (Å²) in [5.41, 5.74) is 3.87. The van der Waals surface area contributed by atoms with Crippen LogP contribution in [0.2, 0.25) is 0 Å². The zero-order valence-corrected chi connectivity index (χ0v) is 15.3. The van der Waals surface area contributed by atoms with E-state index >= 15 is 0 Å². The summed E-state index contributed by atoms with van der Waals surface area (Å²) in [6.07, 6.45) is -1.46. The van der Waals surface area contributed by atoms with Gasteiger partial charge in [-0.15, -0.1) is 0 Å². The van der Waals surface area contributed by atoms with Gasteiger partial charge in [-0.3, -0.25) is 10.2 Å². The fraction of sp³-hybridized carbons (Fsp3) is 0.316. The number of nitrogens with one attached hydrogen (secondary N) is 1. The van der Waals surface area contributed by atoms with Crippen LogP contribution >= 0.6 is 0 Å². The molecular weight excluding hydrogens is 366 g/mol. The Labute approximate surface area is 160 Å². The molecule has 1 aliphatic rings. The summed E-state index contributed by atoms with van der Waals surface area (Å²) in [6, 6.07) is 10.3. The Bertz CT molecular complexity index is 983. The smallest absolute Gasteiger partial charge is 0.280 e. The molecule has 0 spiro atoms. The van der Waals surface area contributed by atoms with Gasteiger partial charge in [0.1, 0.15) is 11.3 Å². The third-order valence-electron chi connectivity index (χ3n) is 4.80. The molecule has 1 N–H and O–H groups in total. The van der Waals surface area contributed by atoms with Crippen molar-refractivity contribution in [3.05, 3.63) is 53.9 Å². The largest absolute Gasteiger partial charge is 0.304 e. The van der Waals surface area contributed by atoms with Crippen LogP contribution in [0.15, 0.2) is 42.6 Å². The minimum Gasteiger partial charge on any atom is -0.304 e. The molecule has 146 valence electrons. The van der Waals surface area contributed by atoms with Gasteiger partial charge in [0.15, 0.2) is 5.65 Å². The van der Waals surface area contributed by atoms with Crippen molar-refractivity contribution in [3.8, 4) is 11.3 Å². The van der Waals surface area contributed by atoms with Gasteiger partial charge < -0.3 is 4.90 Å². The van der Waals surface area contributed by atoms with Gasteiger partial charge in [0.25, 0.3) is 12.3 Å². The number of nitrogens with zero attached hydrogens (tertiary/aromatic N) is 5. The first kappa shape index (κ1) is 18.5. The molecule has 0 aliphatic carbocycles. The monoisotopic (exact) mass is 386 g/mol. The average molecular weight is 386 g/mol. The van der Waals surface area contributed by atoms with Crippen LogP contribution in [0.1, 0.15) is 22.5 Å². The zero-order chi connectivity index (χ0) is 19.7. The van der Waals surface area contributed by atoms with Crippen LogP contribution < -0.4 is 5.43 Å². The molecule has 2 aromatic heterocycles. The lowest BCUT2D eigenvalue weighted by atomic mass is 10.1. The number of carbonyl (C=O) groups is 1. The van der Waals surface area contributed by atoms with E-state index in [9.17, 15) is 13.6 Å². The van der Waals surface area contributed by atoms with E-state index in [2.05, 4.69) is 20.4 Å². The number of hydrazine groups is 1. The second-order valence-electron chi connectivity index (χ2n) is 6.76. The summed E-state index contributed by atoms with van der Waals surface area (Å²) in [6.45, 7) is 3.04. The fourth-order valence-corrected chi connectivity index (χ4v) is 3.18. The van der Waals surface area contributed by atoms with Crippen molar-refractivity contribution < 1.29 is 13.6 Å². The molecule has 0 unspecified atom stereocenters. The molecule has 0 saturated carbocycles. The molecule has 1 aliphatic heterocycles. The average Bonchev–Trinajstić information content (AvgIpc) is 3.13. The number of halogens is 2. The van der Waals surface area contributed by atoms with E-state index in [0.717, 1.165) is 17.6 Å². The van der Waals surface area contributed by atoms with Gasteiger partial charge in [-0.1, -0.05) is 30.3 Å². The number of aromatic nitrogens is 3.